The summed E-state index contributed by atoms with van der Waals surface area (Å²) in [6.45, 7) is 0. The molecular weight excluding hydrogens is 314 g/mol. The van der Waals surface area contributed by atoms with E-state index in [0.29, 0.717) is 5.75 Å². The molecule has 8 heteroatoms. The van der Waals surface area contributed by atoms with Gasteiger partial charge in [-0.25, -0.2) is 4.79 Å². The number of ether oxygens (including phenoxy) is 1. The zero-order valence-corrected chi connectivity index (χ0v) is 13.2. The molecule has 1 atom stereocenters. The van der Waals surface area contributed by atoms with Gasteiger partial charge >= 0.3 is 11.9 Å². The molecule has 1 unspecified atom stereocenters. The first-order valence-electron chi connectivity index (χ1n) is 6.22. The van der Waals surface area contributed by atoms with Crippen LogP contribution >= 0.6 is 23.1 Å². The Kier molecular flexibility index (Phi) is 7.84. The average Bonchev–Trinajstić information content (AvgIpc) is 2.95. The molecule has 0 saturated heterocycles. The van der Waals surface area contributed by atoms with Crippen LogP contribution in [0.5, 0.6) is 0 Å². The Morgan fingerprint density at radius 1 is 1.48 bits per heavy atom. The van der Waals surface area contributed by atoms with Crippen LogP contribution in [0, 0.1) is 0 Å². The van der Waals surface area contributed by atoms with Crippen molar-refractivity contribution >= 4 is 40.9 Å². The number of thioether (sulfide) groups is 1. The summed E-state index contributed by atoms with van der Waals surface area (Å²) >= 11 is 3.02. The number of carboxylic acids is 1. The lowest BCUT2D eigenvalue weighted by Crippen LogP contribution is -2.42. The standard InChI is InChI=1S/C13H17NO5S2/c1-19-12(16)5-4-10(13(17)18)14-11(15)8-20-7-9-3-2-6-21-9/h2-3,6,10H,4-5,7-8H2,1H3,(H,14,15)(H,17,18). The number of hydrogen-bond acceptors (Lipinski definition) is 6. The van der Waals surface area contributed by atoms with Gasteiger partial charge in [-0.3, -0.25) is 9.59 Å². The van der Waals surface area contributed by atoms with Crippen molar-refractivity contribution < 1.29 is 24.2 Å². The second kappa shape index (κ2) is 9.41. The fourth-order valence-corrected chi connectivity index (χ4v) is 3.18. The maximum absolute atomic E-state index is 11.7. The molecule has 21 heavy (non-hydrogen) atoms. The SMILES string of the molecule is COC(=O)CCC(NC(=O)CSCc1cccs1)C(=O)O. The first-order valence-corrected chi connectivity index (χ1v) is 8.25. The molecule has 0 aliphatic carbocycles. The predicted octanol–water partition coefficient (Wildman–Crippen LogP) is 1.50. The highest BCUT2D eigenvalue weighted by molar-refractivity contribution is 7.99. The van der Waals surface area contributed by atoms with E-state index in [1.54, 1.807) is 11.3 Å². The van der Waals surface area contributed by atoms with E-state index < -0.39 is 18.0 Å². The van der Waals surface area contributed by atoms with E-state index in [1.165, 1.54) is 18.9 Å². The van der Waals surface area contributed by atoms with E-state index in [1.807, 2.05) is 17.5 Å². The fourth-order valence-electron chi connectivity index (χ4n) is 1.50. The van der Waals surface area contributed by atoms with Crippen molar-refractivity contribution in [2.24, 2.45) is 0 Å². The van der Waals surface area contributed by atoms with Crippen LogP contribution in [0.2, 0.25) is 0 Å². The molecule has 0 saturated carbocycles. The van der Waals surface area contributed by atoms with Crippen molar-refractivity contribution in [2.45, 2.75) is 24.6 Å². The lowest BCUT2D eigenvalue weighted by atomic mass is 10.1. The van der Waals surface area contributed by atoms with Gasteiger partial charge in [0.2, 0.25) is 5.91 Å². The average molecular weight is 331 g/mol. The molecule has 1 rings (SSSR count). The summed E-state index contributed by atoms with van der Waals surface area (Å²) in [7, 11) is 1.23. The van der Waals surface area contributed by atoms with Crippen LogP contribution in [0.15, 0.2) is 17.5 Å². The van der Waals surface area contributed by atoms with E-state index in [2.05, 4.69) is 10.1 Å². The van der Waals surface area contributed by atoms with Crippen LogP contribution < -0.4 is 5.32 Å². The normalized spacial score (nSPS) is 11.7. The monoisotopic (exact) mass is 331 g/mol. The highest BCUT2D eigenvalue weighted by Gasteiger charge is 2.21. The fraction of sp³-hybridized carbons (Fsp3) is 0.462. The lowest BCUT2D eigenvalue weighted by Gasteiger charge is -2.13. The largest absolute Gasteiger partial charge is 0.480 e. The van der Waals surface area contributed by atoms with Gasteiger partial charge in [0.1, 0.15) is 6.04 Å². The van der Waals surface area contributed by atoms with E-state index in [9.17, 15) is 14.4 Å². The Morgan fingerprint density at radius 2 is 2.24 bits per heavy atom. The third-order valence-corrected chi connectivity index (χ3v) is 4.60. The van der Waals surface area contributed by atoms with Gasteiger partial charge in [0, 0.05) is 17.1 Å². The van der Waals surface area contributed by atoms with Crippen LogP contribution in [0.1, 0.15) is 17.7 Å². The van der Waals surface area contributed by atoms with Crippen LogP contribution in [-0.2, 0) is 24.9 Å². The minimum absolute atomic E-state index is 0.0172. The first-order chi connectivity index (χ1) is 10.0. The highest BCUT2D eigenvalue weighted by Crippen LogP contribution is 2.16. The van der Waals surface area contributed by atoms with Crippen LogP contribution in [-0.4, -0.2) is 41.9 Å². The van der Waals surface area contributed by atoms with Crippen LogP contribution in [0.4, 0.5) is 0 Å². The number of rotatable bonds is 9. The van der Waals surface area contributed by atoms with Gasteiger partial charge in [0.25, 0.3) is 0 Å². The molecule has 1 aromatic rings. The molecular formula is C13H17NO5S2. The Balaban J connectivity index is 2.31. The van der Waals surface area contributed by atoms with Gasteiger partial charge in [0.15, 0.2) is 0 Å². The van der Waals surface area contributed by atoms with Gasteiger partial charge in [0.05, 0.1) is 12.9 Å². The lowest BCUT2D eigenvalue weighted by molar-refractivity contribution is -0.143. The summed E-state index contributed by atoms with van der Waals surface area (Å²) in [6.07, 6.45) is -0.0284. The summed E-state index contributed by atoms with van der Waals surface area (Å²) in [4.78, 5) is 34.9. The number of carbonyl (C=O) groups excluding carboxylic acids is 2. The molecule has 0 bridgehead atoms. The molecule has 6 nitrogen and oxygen atoms in total. The minimum atomic E-state index is -1.16. The third-order valence-electron chi connectivity index (χ3n) is 2.56. The first kappa shape index (κ1) is 17.5. The number of esters is 1. The van der Waals surface area contributed by atoms with Crippen molar-refractivity contribution in [1.82, 2.24) is 5.32 Å². The summed E-state index contributed by atoms with van der Waals surface area (Å²) in [5.74, 6) is -1.11. The molecule has 0 aliphatic rings. The summed E-state index contributed by atoms with van der Waals surface area (Å²) in [5.41, 5.74) is 0. The van der Waals surface area contributed by atoms with Crippen LogP contribution in [0.3, 0.4) is 0 Å². The number of hydrogen-bond donors (Lipinski definition) is 2. The van der Waals surface area contributed by atoms with Crippen LogP contribution in [0.25, 0.3) is 0 Å². The second-order valence-electron chi connectivity index (χ2n) is 4.15. The Hall–Kier alpha value is -1.54. The van der Waals surface area contributed by atoms with E-state index in [-0.39, 0.29) is 24.5 Å². The molecule has 0 spiro atoms. The number of nitrogens with one attached hydrogen (secondary N) is 1. The molecule has 1 heterocycles. The molecule has 0 fully saturated rings. The molecule has 1 amide bonds. The molecule has 0 radical (unpaired) electrons. The van der Waals surface area contributed by atoms with Crippen molar-refractivity contribution in [3.05, 3.63) is 22.4 Å². The number of aliphatic carboxylic acids is 1. The smallest absolute Gasteiger partial charge is 0.326 e. The maximum atomic E-state index is 11.7. The predicted molar refractivity (Wildman–Crippen MR) is 81.3 cm³/mol. The summed E-state index contributed by atoms with van der Waals surface area (Å²) < 4.78 is 4.44. The van der Waals surface area contributed by atoms with E-state index in [4.69, 9.17) is 5.11 Å². The molecule has 2 N–H and O–H groups in total. The van der Waals surface area contributed by atoms with Gasteiger partial charge in [-0.05, 0) is 17.9 Å². The maximum Gasteiger partial charge on any atom is 0.326 e. The molecule has 0 aromatic carbocycles. The van der Waals surface area contributed by atoms with Crippen molar-refractivity contribution in [3.8, 4) is 0 Å². The topological polar surface area (TPSA) is 92.7 Å². The Morgan fingerprint density at radius 3 is 2.81 bits per heavy atom. The highest BCUT2D eigenvalue weighted by atomic mass is 32.2. The quantitative estimate of drug-likeness (QED) is 0.666. The molecule has 116 valence electrons. The number of thiophene rings is 1. The van der Waals surface area contributed by atoms with E-state index in [0.717, 1.165) is 4.88 Å². The van der Waals surface area contributed by atoms with Crippen molar-refractivity contribution in [1.29, 1.82) is 0 Å². The second-order valence-corrected chi connectivity index (χ2v) is 6.16. The number of amides is 1. The van der Waals surface area contributed by atoms with E-state index >= 15 is 0 Å². The van der Waals surface area contributed by atoms with Crippen molar-refractivity contribution in [3.63, 3.8) is 0 Å². The zero-order valence-electron chi connectivity index (χ0n) is 11.5. The van der Waals surface area contributed by atoms with Gasteiger partial charge in [-0.2, -0.15) is 0 Å². The number of carbonyl (C=O) groups is 3. The molecule has 0 aliphatic heterocycles. The zero-order chi connectivity index (χ0) is 15.7. The number of carboxylic acid groups (broad SMARTS) is 1. The van der Waals surface area contributed by atoms with Gasteiger partial charge < -0.3 is 15.2 Å². The third kappa shape index (κ3) is 7.14. The Bertz CT molecular complexity index is 475. The summed E-state index contributed by atoms with van der Waals surface area (Å²) in [6, 6.07) is 2.85. The van der Waals surface area contributed by atoms with Gasteiger partial charge in [-0.1, -0.05) is 6.07 Å². The summed E-state index contributed by atoms with van der Waals surface area (Å²) in [5, 5.41) is 13.4. The minimum Gasteiger partial charge on any atom is -0.480 e. The molecule has 1 aromatic heterocycles. The van der Waals surface area contributed by atoms with Gasteiger partial charge in [-0.15, -0.1) is 23.1 Å². The number of methoxy groups -OCH3 is 1. The van der Waals surface area contributed by atoms with Crippen molar-refractivity contribution in [2.75, 3.05) is 12.9 Å². The Labute approximate surface area is 130 Å².